The number of thiol groups is 1. The second-order valence-electron chi connectivity index (χ2n) is 5.51. The molecule has 0 atom stereocenters. The van der Waals surface area contributed by atoms with Gasteiger partial charge in [0.05, 0.1) is 10.6 Å². The van der Waals surface area contributed by atoms with Crippen molar-refractivity contribution in [2.24, 2.45) is 0 Å². The first-order chi connectivity index (χ1) is 12.4. The van der Waals surface area contributed by atoms with Crippen LogP contribution in [-0.4, -0.2) is 23.5 Å². The van der Waals surface area contributed by atoms with Gasteiger partial charge in [-0.25, -0.2) is 4.79 Å². The normalized spacial score (nSPS) is 10.2. The van der Waals surface area contributed by atoms with Crippen LogP contribution in [0.3, 0.4) is 0 Å². The summed E-state index contributed by atoms with van der Waals surface area (Å²) in [5, 5.41) is 9.10. The highest BCUT2D eigenvalue weighted by Gasteiger charge is 2.24. The topological polar surface area (TPSA) is 83.9 Å². The van der Waals surface area contributed by atoms with Gasteiger partial charge in [0.2, 0.25) is 5.43 Å². The van der Waals surface area contributed by atoms with Crippen LogP contribution < -0.4 is 15.1 Å². The molecule has 0 aromatic heterocycles. The lowest BCUT2D eigenvalue weighted by molar-refractivity contribution is -0.148. The fourth-order valence-electron chi connectivity index (χ4n) is 2.27. The number of carboxylic acids is 1. The molecule has 1 amide bonds. The molecule has 6 nitrogen and oxygen atoms in total. The van der Waals surface area contributed by atoms with Crippen LogP contribution in [0.5, 0.6) is 11.5 Å². The smallest absolute Gasteiger partial charge is 0.394 e. The van der Waals surface area contributed by atoms with Gasteiger partial charge in [-0.2, -0.15) is 0 Å². The third-order valence-corrected chi connectivity index (χ3v) is 3.93. The number of amides is 1. The first kappa shape index (κ1) is 19.5. The van der Waals surface area contributed by atoms with Crippen molar-refractivity contribution in [3.63, 3.8) is 0 Å². The molecular weight excluding hydrogens is 354 g/mol. The lowest BCUT2D eigenvalue weighted by atomic mass is 10.2. The van der Waals surface area contributed by atoms with E-state index < -0.39 is 17.3 Å². The molecular formula is C19H19NO5S. The molecule has 2 aromatic rings. The molecule has 0 saturated carbocycles. The van der Waals surface area contributed by atoms with Gasteiger partial charge in [-0.1, -0.05) is 31.5 Å². The molecule has 0 bridgehead atoms. The standard InChI is InChI=1S/C19H19NO5S/c1-2-3-11-20(18(22)19(23)24)15-12-14(9-10-16(26)17(15)21)25-13-7-5-4-6-8-13/h4-10,12H,2-3,11H2,1H3,(H,21,26)(H,23,24). The van der Waals surface area contributed by atoms with Gasteiger partial charge < -0.3 is 9.84 Å². The summed E-state index contributed by atoms with van der Waals surface area (Å²) in [5.74, 6) is -1.95. The largest absolute Gasteiger partial charge is 0.474 e. The van der Waals surface area contributed by atoms with E-state index in [9.17, 15) is 14.4 Å². The predicted octanol–water partition coefficient (Wildman–Crippen LogP) is 3.35. The Morgan fingerprint density at radius 2 is 1.81 bits per heavy atom. The third kappa shape index (κ3) is 4.86. The van der Waals surface area contributed by atoms with E-state index in [0.717, 1.165) is 11.3 Å². The summed E-state index contributed by atoms with van der Waals surface area (Å²) >= 11 is 4.14. The van der Waals surface area contributed by atoms with Crippen LogP contribution in [0.2, 0.25) is 0 Å². The van der Waals surface area contributed by atoms with E-state index in [0.29, 0.717) is 17.9 Å². The zero-order chi connectivity index (χ0) is 19.1. The quantitative estimate of drug-likeness (QED) is 0.599. The van der Waals surface area contributed by atoms with Crippen molar-refractivity contribution in [3.05, 3.63) is 58.8 Å². The van der Waals surface area contributed by atoms with Gasteiger partial charge in [0.25, 0.3) is 0 Å². The van der Waals surface area contributed by atoms with Crippen LogP contribution in [-0.2, 0) is 9.59 Å². The number of nitrogens with zero attached hydrogens (tertiary/aromatic N) is 1. The van der Waals surface area contributed by atoms with Crippen LogP contribution in [0.4, 0.5) is 5.69 Å². The number of para-hydroxylation sites is 1. The fraction of sp³-hybridized carbons (Fsp3) is 0.211. The number of carbonyl (C=O) groups is 2. The zero-order valence-corrected chi connectivity index (χ0v) is 15.1. The molecule has 2 aromatic carbocycles. The summed E-state index contributed by atoms with van der Waals surface area (Å²) in [6, 6.07) is 13.3. The Labute approximate surface area is 156 Å². The lowest BCUT2D eigenvalue weighted by Gasteiger charge is -2.19. The Bertz CT molecular complexity index is 854. The Hall–Kier alpha value is -2.80. The molecule has 0 spiro atoms. The van der Waals surface area contributed by atoms with Crippen LogP contribution in [0.25, 0.3) is 0 Å². The number of hydrogen-bond acceptors (Lipinski definition) is 5. The molecule has 0 aliphatic rings. The first-order valence-corrected chi connectivity index (χ1v) is 8.53. The minimum absolute atomic E-state index is 0.0771. The van der Waals surface area contributed by atoms with Gasteiger partial charge in [0, 0.05) is 12.6 Å². The molecule has 26 heavy (non-hydrogen) atoms. The number of carbonyl (C=O) groups excluding carboxylic acids is 1. The maximum atomic E-state index is 12.6. The Balaban J connectivity index is 2.53. The molecule has 0 fully saturated rings. The van der Waals surface area contributed by atoms with Crippen molar-refractivity contribution < 1.29 is 19.4 Å². The molecule has 0 unspecified atom stereocenters. The van der Waals surface area contributed by atoms with Gasteiger partial charge in [0.15, 0.2) is 0 Å². The van der Waals surface area contributed by atoms with E-state index in [1.165, 1.54) is 12.1 Å². The fourth-order valence-corrected chi connectivity index (χ4v) is 2.46. The number of hydrogen-bond donors (Lipinski definition) is 2. The molecule has 2 rings (SSSR count). The van der Waals surface area contributed by atoms with Crippen molar-refractivity contribution >= 4 is 30.2 Å². The highest BCUT2D eigenvalue weighted by molar-refractivity contribution is 7.80. The summed E-state index contributed by atoms with van der Waals surface area (Å²) in [7, 11) is 0. The zero-order valence-electron chi connectivity index (χ0n) is 14.2. The van der Waals surface area contributed by atoms with Crippen molar-refractivity contribution in [3.8, 4) is 11.5 Å². The van der Waals surface area contributed by atoms with Gasteiger partial charge in [-0.3, -0.25) is 14.5 Å². The minimum Gasteiger partial charge on any atom is -0.474 e. The SMILES string of the molecule is CCCCN(C(=O)C(=O)O)c1cc(Oc2ccccc2)ccc(S)c1=O. The van der Waals surface area contributed by atoms with Crippen LogP contribution in [0.1, 0.15) is 19.8 Å². The summed E-state index contributed by atoms with van der Waals surface area (Å²) in [6.07, 6.45) is 1.28. The second-order valence-corrected chi connectivity index (χ2v) is 5.99. The van der Waals surface area contributed by atoms with Crippen LogP contribution >= 0.6 is 12.6 Å². The van der Waals surface area contributed by atoms with Gasteiger partial charge in [0.1, 0.15) is 11.5 Å². The van der Waals surface area contributed by atoms with Crippen molar-refractivity contribution in [2.75, 3.05) is 11.4 Å². The van der Waals surface area contributed by atoms with E-state index in [1.54, 1.807) is 30.3 Å². The summed E-state index contributed by atoms with van der Waals surface area (Å²) in [4.78, 5) is 36.9. The Morgan fingerprint density at radius 1 is 1.12 bits per heavy atom. The molecule has 0 aliphatic heterocycles. The highest BCUT2D eigenvalue weighted by Crippen LogP contribution is 2.24. The van der Waals surface area contributed by atoms with Gasteiger partial charge >= 0.3 is 11.9 Å². The van der Waals surface area contributed by atoms with E-state index in [4.69, 9.17) is 9.84 Å². The lowest BCUT2D eigenvalue weighted by Crippen LogP contribution is -2.39. The molecule has 136 valence electrons. The first-order valence-electron chi connectivity index (χ1n) is 8.09. The molecule has 0 aliphatic carbocycles. The van der Waals surface area contributed by atoms with E-state index >= 15 is 0 Å². The summed E-state index contributed by atoms with van der Waals surface area (Å²) < 4.78 is 5.73. The van der Waals surface area contributed by atoms with Crippen molar-refractivity contribution in [1.82, 2.24) is 0 Å². The number of carboxylic acid groups (broad SMARTS) is 1. The molecule has 0 saturated heterocycles. The summed E-state index contributed by atoms with van der Waals surface area (Å²) in [6.45, 7) is 2.01. The number of rotatable bonds is 6. The second kappa shape index (κ2) is 9.05. The predicted molar refractivity (Wildman–Crippen MR) is 101 cm³/mol. The number of aliphatic carboxylic acids is 1. The van der Waals surface area contributed by atoms with Crippen molar-refractivity contribution in [2.45, 2.75) is 24.7 Å². The average Bonchev–Trinajstić information content (AvgIpc) is 2.77. The molecule has 1 N–H and O–H groups in total. The minimum atomic E-state index is -1.63. The van der Waals surface area contributed by atoms with E-state index in [1.807, 2.05) is 13.0 Å². The average molecular weight is 373 g/mol. The van der Waals surface area contributed by atoms with Gasteiger partial charge in [-0.15, -0.1) is 12.6 Å². The number of unbranched alkanes of at least 4 members (excludes halogenated alkanes) is 1. The number of anilines is 1. The van der Waals surface area contributed by atoms with E-state index in [-0.39, 0.29) is 17.1 Å². The molecule has 0 heterocycles. The third-order valence-electron chi connectivity index (χ3n) is 3.58. The Kier molecular flexibility index (Phi) is 6.80. The molecule has 0 radical (unpaired) electrons. The summed E-state index contributed by atoms with van der Waals surface area (Å²) in [5.41, 5.74) is -0.617. The van der Waals surface area contributed by atoms with Gasteiger partial charge in [-0.05, 0) is 30.7 Å². The number of benzene rings is 1. The Morgan fingerprint density at radius 3 is 2.42 bits per heavy atom. The van der Waals surface area contributed by atoms with Crippen LogP contribution in [0, 0.1) is 0 Å². The van der Waals surface area contributed by atoms with Crippen molar-refractivity contribution in [1.29, 1.82) is 0 Å². The maximum Gasteiger partial charge on any atom is 0.394 e. The maximum absolute atomic E-state index is 12.6. The van der Waals surface area contributed by atoms with E-state index in [2.05, 4.69) is 12.6 Å². The monoisotopic (exact) mass is 373 g/mol. The van der Waals surface area contributed by atoms with Crippen LogP contribution in [0.15, 0.2) is 58.2 Å². The highest BCUT2D eigenvalue weighted by atomic mass is 32.1. The number of ether oxygens (including phenoxy) is 1. The molecule has 7 heteroatoms.